The first-order valence-electron chi connectivity index (χ1n) is 5.88. The minimum Gasteiger partial charge on any atom is -0.396 e. The Morgan fingerprint density at radius 1 is 0.680 bits per heavy atom. The third-order valence-corrected chi connectivity index (χ3v) is 2.60. The summed E-state index contributed by atoms with van der Waals surface area (Å²) in [4.78, 5) is 10.6. The largest absolute Gasteiger partial charge is 0.473 e. The van der Waals surface area contributed by atoms with Gasteiger partial charge < -0.3 is 4.74 Å². The van der Waals surface area contributed by atoms with Crippen molar-refractivity contribution in [1.29, 1.82) is 0 Å². The van der Waals surface area contributed by atoms with Crippen LogP contribution in [0.25, 0.3) is 0 Å². The number of hydrogen-bond acceptors (Lipinski definition) is 2. The Labute approximate surface area is 129 Å². The van der Waals surface area contributed by atoms with E-state index in [1.165, 1.54) is 0 Å². The Morgan fingerprint density at radius 3 is 1.36 bits per heavy atom. The van der Waals surface area contributed by atoms with Gasteiger partial charge in [0.05, 0.1) is 0 Å². The van der Waals surface area contributed by atoms with Crippen molar-refractivity contribution in [1.82, 2.24) is 0 Å². The average Bonchev–Trinajstić information content (AvgIpc) is 2.35. The lowest BCUT2D eigenvalue weighted by Crippen LogP contribution is -2.70. The molecule has 0 aliphatic rings. The van der Waals surface area contributed by atoms with Gasteiger partial charge in [0, 0.05) is 6.42 Å². The van der Waals surface area contributed by atoms with Gasteiger partial charge in [0.2, 0.25) is 0 Å². The fourth-order valence-electron chi connectivity index (χ4n) is 1.22. The van der Waals surface area contributed by atoms with Gasteiger partial charge in [0.15, 0.2) is 0 Å². The minimum absolute atomic E-state index is 0.362. The number of ether oxygens (including phenoxy) is 1. The highest BCUT2D eigenvalue weighted by atomic mass is 19.4. The first kappa shape index (κ1) is 23.6. The maximum atomic E-state index is 13.0. The van der Waals surface area contributed by atoms with E-state index in [1.807, 2.05) is 0 Å². The first-order chi connectivity index (χ1) is 10.7. The lowest BCUT2D eigenvalue weighted by Gasteiger charge is -2.38. The van der Waals surface area contributed by atoms with E-state index >= 15 is 0 Å². The first-order valence-corrected chi connectivity index (χ1v) is 5.88. The monoisotopic (exact) mass is 406 g/mol. The summed E-state index contributed by atoms with van der Waals surface area (Å²) in [6.07, 6.45) is -15.7. The molecular formula is C10H7F13O2. The second-order valence-corrected chi connectivity index (χ2v) is 4.54. The van der Waals surface area contributed by atoms with Crippen LogP contribution in [-0.4, -0.2) is 41.9 Å². The van der Waals surface area contributed by atoms with Crippen molar-refractivity contribution in [2.45, 2.75) is 55.7 Å². The number of esters is 1. The van der Waals surface area contributed by atoms with Crippen LogP contribution in [0.3, 0.4) is 0 Å². The van der Waals surface area contributed by atoms with Crippen LogP contribution in [0.15, 0.2) is 0 Å². The van der Waals surface area contributed by atoms with E-state index in [0.29, 0.717) is 0 Å². The molecule has 0 saturated carbocycles. The topological polar surface area (TPSA) is 26.3 Å². The molecule has 0 bridgehead atoms. The van der Waals surface area contributed by atoms with Gasteiger partial charge in [-0.3, -0.25) is 4.79 Å². The van der Waals surface area contributed by atoms with Crippen LogP contribution in [0.1, 0.15) is 19.8 Å². The quantitative estimate of drug-likeness (QED) is 0.438. The normalized spacial score (nSPS) is 15.3. The summed E-state index contributed by atoms with van der Waals surface area (Å²) in [6.45, 7) is 1.09. The molecule has 0 aliphatic heterocycles. The third kappa shape index (κ3) is 3.59. The summed E-state index contributed by atoms with van der Waals surface area (Å²) in [7, 11) is 0. The van der Waals surface area contributed by atoms with E-state index in [2.05, 4.69) is 4.74 Å². The maximum absolute atomic E-state index is 13.0. The van der Waals surface area contributed by atoms with Crippen molar-refractivity contribution >= 4 is 5.97 Å². The number of hydrogen-bond donors (Lipinski definition) is 0. The molecular weight excluding hydrogens is 399 g/mol. The van der Waals surface area contributed by atoms with Crippen molar-refractivity contribution in [3.63, 3.8) is 0 Å². The van der Waals surface area contributed by atoms with Gasteiger partial charge in [-0.25, -0.2) is 0 Å². The standard InChI is InChI=1S/C10H7F13O2/c1-2-3-4(24)25-10(22,23)8(17,18)6(13,14)5(11,12)7(15,16)9(19,20)21/h2-3H2,1H3. The van der Waals surface area contributed by atoms with Crippen molar-refractivity contribution in [2.75, 3.05) is 0 Å². The Kier molecular flexibility index (Phi) is 6.01. The molecule has 0 heterocycles. The summed E-state index contributed by atoms with van der Waals surface area (Å²) in [5.41, 5.74) is 0. The highest BCUT2D eigenvalue weighted by Gasteiger charge is 2.91. The van der Waals surface area contributed by atoms with Crippen LogP contribution < -0.4 is 0 Å². The molecule has 0 fully saturated rings. The molecule has 0 aromatic carbocycles. The fourth-order valence-corrected chi connectivity index (χ4v) is 1.22. The molecule has 25 heavy (non-hydrogen) atoms. The average molecular weight is 406 g/mol. The predicted molar refractivity (Wildman–Crippen MR) is 51.8 cm³/mol. The van der Waals surface area contributed by atoms with Crippen LogP contribution in [0.5, 0.6) is 0 Å². The zero-order valence-corrected chi connectivity index (χ0v) is 11.6. The summed E-state index contributed by atoms with van der Waals surface area (Å²) >= 11 is 0. The molecule has 0 saturated heterocycles. The van der Waals surface area contributed by atoms with Gasteiger partial charge in [0.25, 0.3) is 0 Å². The molecule has 0 radical (unpaired) electrons. The Morgan fingerprint density at radius 2 is 1.04 bits per heavy atom. The van der Waals surface area contributed by atoms with E-state index in [-0.39, 0.29) is 6.42 Å². The van der Waals surface area contributed by atoms with Crippen LogP contribution in [0.4, 0.5) is 57.1 Å². The molecule has 0 amide bonds. The van der Waals surface area contributed by atoms with E-state index in [0.717, 1.165) is 6.92 Å². The molecule has 0 aromatic rings. The molecule has 0 N–H and O–H groups in total. The lowest BCUT2D eigenvalue weighted by molar-refractivity contribution is -0.460. The van der Waals surface area contributed by atoms with E-state index in [9.17, 15) is 61.9 Å². The maximum Gasteiger partial charge on any atom is 0.473 e. The van der Waals surface area contributed by atoms with Gasteiger partial charge in [0.1, 0.15) is 0 Å². The zero-order chi connectivity index (χ0) is 20.7. The van der Waals surface area contributed by atoms with E-state index < -0.39 is 48.4 Å². The summed E-state index contributed by atoms with van der Waals surface area (Å²) < 4.78 is 166. The number of carbonyl (C=O) groups is 1. The molecule has 0 atom stereocenters. The molecule has 0 spiro atoms. The van der Waals surface area contributed by atoms with E-state index in [4.69, 9.17) is 0 Å². The number of rotatable bonds is 7. The fraction of sp³-hybridized carbons (Fsp3) is 0.900. The molecule has 0 aliphatic carbocycles. The second-order valence-electron chi connectivity index (χ2n) is 4.54. The smallest absolute Gasteiger partial charge is 0.396 e. The van der Waals surface area contributed by atoms with Crippen LogP contribution in [0.2, 0.25) is 0 Å². The van der Waals surface area contributed by atoms with Gasteiger partial charge in [-0.15, -0.1) is 0 Å². The van der Waals surface area contributed by atoms with Crippen molar-refractivity contribution in [3.05, 3.63) is 0 Å². The number of carbonyl (C=O) groups excluding carboxylic acids is 1. The van der Waals surface area contributed by atoms with Gasteiger partial charge in [-0.05, 0) is 6.42 Å². The van der Waals surface area contributed by atoms with Gasteiger partial charge in [-0.2, -0.15) is 57.1 Å². The highest BCUT2D eigenvalue weighted by Crippen LogP contribution is 2.60. The third-order valence-electron chi connectivity index (χ3n) is 2.60. The van der Waals surface area contributed by atoms with Crippen LogP contribution in [-0.2, 0) is 9.53 Å². The predicted octanol–water partition coefficient (Wildman–Crippen LogP) is 5.03. The Hall–Kier alpha value is -1.44. The highest BCUT2D eigenvalue weighted by molar-refractivity contribution is 5.69. The molecule has 0 unspecified atom stereocenters. The molecule has 150 valence electrons. The van der Waals surface area contributed by atoms with E-state index in [1.54, 1.807) is 0 Å². The van der Waals surface area contributed by atoms with Crippen LogP contribution in [0, 0.1) is 0 Å². The molecule has 0 aromatic heterocycles. The summed E-state index contributed by atoms with van der Waals surface area (Å²) in [5.74, 6) is -33.7. The lowest BCUT2D eigenvalue weighted by atomic mass is 9.97. The zero-order valence-electron chi connectivity index (χ0n) is 11.6. The minimum atomic E-state index is -8.01. The SMILES string of the molecule is CCCC(=O)OC(F)(F)C(F)(F)C(F)(F)C(F)(F)C(F)(F)C(F)(F)F. The Balaban J connectivity index is 6.07. The number of alkyl halides is 13. The Bertz CT molecular complexity index is 494. The van der Waals surface area contributed by atoms with Crippen molar-refractivity contribution in [3.8, 4) is 0 Å². The summed E-state index contributed by atoms with van der Waals surface area (Å²) in [6, 6.07) is 0. The molecule has 2 nitrogen and oxygen atoms in total. The van der Waals surface area contributed by atoms with Crippen molar-refractivity contribution < 1.29 is 66.6 Å². The van der Waals surface area contributed by atoms with Crippen LogP contribution >= 0.6 is 0 Å². The van der Waals surface area contributed by atoms with Crippen molar-refractivity contribution in [2.24, 2.45) is 0 Å². The second kappa shape index (κ2) is 6.37. The molecule has 15 heteroatoms. The molecule has 0 rings (SSSR count). The number of halogens is 13. The van der Waals surface area contributed by atoms with Gasteiger partial charge in [-0.1, -0.05) is 6.92 Å². The van der Waals surface area contributed by atoms with Gasteiger partial charge >= 0.3 is 41.9 Å². The summed E-state index contributed by atoms with van der Waals surface area (Å²) in [5, 5.41) is 0.